The predicted octanol–water partition coefficient (Wildman–Crippen LogP) is 2.83. The van der Waals surface area contributed by atoms with E-state index in [4.69, 9.17) is 4.74 Å². The number of nitrogens with zero attached hydrogens (tertiary/aromatic N) is 1. The lowest BCUT2D eigenvalue weighted by atomic mass is 10.1. The highest BCUT2D eigenvalue weighted by molar-refractivity contribution is 5.36. The van der Waals surface area contributed by atoms with Crippen LogP contribution in [0.1, 0.15) is 31.4 Å². The summed E-state index contributed by atoms with van der Waals surface area (Å²) in [7, 11) is 1.73. The molecule has 0 aliphatic heterocycles. The molecular weight excluding hydrogens is 236 g/mol. The Morgan fingerprint density at radius 1 is 1.21 bits per heavy atom. The normalized spacial score (nSPS) is 11.0. The minimum atomic E-state index is 0.870. The van der Waals surface area contributed by atoms with Crippen molar-refractivity contribution in [3.8, 4) is 5.75 Å². The largest absolute Gasteiger partial charge is 0.496 e. The number of methoxy groups -OCH3 is 1. The summed E-state index contributed by atoms with van der Waals surface area (Å²) in [4.78, 5) is 2.47. The van der Waals surface area contributed by atoms with Gasteiger partial charge in [-0.15, -0.1) is 0 Å². The third-order valence-corrected chi connectivity index (χ3v) is 3.34. The Balaban J connectivity index is 2.38. The van der Waals surface area contributed by atoms with Crippen LogP contribution in [-0.4, -0.2) is 38.2 Å². The number of ether oxygens (including phenoxy) is 1. The van der Waals surface area contributed by atoms with Gasteiger partial charge < -0.3 is 15.0 Å². The average molecular weight is 264 g/mol. The molecule has 0 aliphatic rings. The van der Waals surface area contributed by atoms with Gasteiger partial charge in [0.2, 0.25) is 0 Å². The van der Waals surface area contributed by atoms with Crippen molar-refractivity contribution in [1.29, 1.82) is 0 Å². The standard InChI is InChI=1S/C16H28N2O/c1-5-10-18(6-2)11-9-17-13-15-12-14(3)7-8-16(15)19-4/h7-8,12,17H,5-6,9-11,13H2,1-4H3. The molecule has 3 nitrogen and oxygen atoms in total. The summed E-state index contributed by atoms with van der Waals surface area (Å²) in [6.07, 6.45) is 1.22. The van der Waals surface area contributed by atoms with Gasteiger partial charge in [-0.3, -0.25) is 0 Å². The minimum absolute atomic E-state index is 0.870. The maximum atomic E-state index is 5.39. The third-order valence-electron chi connectivity index (χ3n) is 3.34. The Hall–Kier alpha value is -1.06. The van der Waals surface area contributed by atoms with Crippen molar-refractivity contribution < 1.29 is 4.74 Å². The lowest BCUT2D eigenvalue weighted by Gasteiger charge is -2.19. The number of aryl methyl sites for hydroxylation is 1. The van der Waals surface area contributed by atoms with Crippen molar-refractivity contribution >= 4 is 0 Å². The van der Waals surface area contributed by atoms with E-state index in [1.165, 1.54) is 24.1 Å². The lowest BCUT2D eigenvalue weighted by Crippen LogP contribution is -2.32. The molecule has 0 atom stereocenters. The van der Waals surface area contributed by atoms with Gasteiger partial charge in [-0.25, -0.2) is 0 Å². The summed E-state index contributed by atoms with van der Waals surface area (Å²) in [6, 6.07) is 6.32. The van der Waals surface area contributed by atoms with Gasteiger partial charge in [0.15, 0.2) is 0 Å². The second kappa shape index (κ2) is 8.94. The molecule has 1 aromatic rings. The molecule has 3 heteroatoms. The molecule has 19 heavy (non-hydrogen) atoms. The first kappa shape index (κ1) is 16.0. The van der Waals surface area contributed by atoms with Gasteiger partial charge in [-0.2, -0.15) is 0 Å². The van der Waals surface area contributed by atoms with Crippen molar-refractivity contribution in [3.63, 3.8) is 0 Å². The summed E-state index contributed by atoms with van der Waals surface area (Å²) in [5, 5.41) is 3.51. The zero-order valence-electron chi connectivity index (χ0n) is 12.8. The van der Waals surface area contributed by atoms with E-state index in [-0.39, 0.29) is 0 Å². The molecule has 0 radical (unpaired) electrons. The highest BCUT2D eigenvalue weighted by atomic mass is 16.5. The lowest BCUT2D eigenvalue weighted by molar-refractivity contribution is 0.287. The molecule has 108 valence electrons. The monoisotopic (exact) mass is 264 g/mol. The second-order valence-corrected chi connectivity index (χ2v) is 4.93. The molecule has 0 spiro atoms. The fraction of sp³-hybridized carbons (Fsp3) is 0.625. The van der Waals surface area contributed by atoms with Crippen LogP contribution in [0.3, 0.4) is 0 Å². The molecule has 1 aromatic carbocycles. The van der Waals surface area contributed by atoms with Crippen LogP contribution in [0.5, 0.6) is 5.75 Å². The maximum Gasteiger partial charge on any atom is 0.123 e. The molecule has 0 saturated carbocycles. The van der Waals surface area contributed by atoms with E-state index < -0.39 is 0 Å². The number of nitrogens with one attached hydrogen (secondary N) is 1. The number of likely N-dealkylation sites (N-methyl/N-ethyl adjacent to an activating group) is 1. The van der Waals surface area contributed by atoms with Gasteiger partial charge >= 0.3 is 0 Å². The topological polar surface area (TPSA) is 24.5 Å². The van der Waals surface area contributed by atoms with E-state index in [1.54, 1.807) is 7.11 Å². The first-order valence-electron chi connectivity index (χ1n) is 7.27. The van der Waals surface area contributed by atoms with Crippen LogP contribution in [0, 0.1) is 6.92 Å². The molecule has 0 heterocycles. The van der Waals surface area contributed by atoms with Gasteiger partial charge in [-0.1, -0.05) is 31.5 Å². The zero-order chi connectivity index (χ0) is 14.1. The van der Waals surface area contributed by atoms with Crippen molar-refractivity contribution in [2.45, 2.75) is 33.7 Å². The number of benzene rings is 1. The summed E-state index contributed by atoms with van der Waals surface area (Å²) in [6.45, 7) is 11.9. The van der Waals surface area contributed by atoms with Crippen molar-refractivity contribution in [1.82, 2.24) is 10.2 Å². The van der Waals surface area contributed by atoms with E-state index >= 15 is 0 Å². The minimum Gasteiger partial charge on any atom is -0.496 e. The molecule has 0 aromatic heterocycles. The number of hydrogen-bond acceptors (Lipinski definition) is 3. The third kappa shape index (κ3) is 5.62. The fourth-order valence-corrected chi connectivity index (χ4v) is 2.25. The summed E-state index contributed by atoms with van der Waals surface area (Å²) >= 11 is 0. The molecule has 0 bridgehead atoms. The number of hydrogen-bond donors (Lipinski definition) is 1. The van der Waals surface area contributed by atoms with E-state index in [2.05, 4.69) is 43.1 Å². The van der Waals surface area contributed by atoms with Crippen molar-refractivity contribution in [2.24, 2.45) is 0 Å². The van der Waals surface area contributed by atoms with E-state index in [9.17, 15) is 0 Å². The smallest absolute Gasteiger partial charge is 0.123 e. The Kier molecular flexibility index (Phi) is 7.53. The first-order chi connectivity index (χ1) is 9.21. The van der Waals surface area contributed by atoms with E-state index in [0.29, 0.717) is 0 Å². The highest BCUT2D eigenvalue weighted by Gasteiger charge is 2.04. The Morgan fingerprint density at radius 3 is 2.63 bits per heavy atom. The molecule has 0 saturated heterocycles. The van der Waals surface area contributed by atoms with Gasteiger partial charge in [0.1, 0.15) is 5.75 Å². The summed E-state index contributed by atoms with van der Waals surface area (Å²) in [5.74, 6) is 0.971. The Labute approximate surface area is 118 Å². The van der Waals surface area contributed by atoms with Gasteiger partial charge in [0.05, 0.1) is 7.11 Å². The van der Waals surface area contributed by atoms with Crippen LogP contribution in [0.15, 0.2) is 18.2 Å². The van der Waals surface area contributed by atoms with Gasteiger partial charge in [0, 0.05) is 25.2 Å². The van der Waals surface area contributed by atoms with Crippen LogP contribution >= 0.6 is 0 Å². The second-order valence-electron chi connectivity index (χ2n) is 4.93. The van der Waals surface area contributed by atoms with Crippen molar-refractivity contribution in [2.75, 3.05) is 33.3 Å². The average Bonchev–Trinajstić information content (AvgIpc) is 2.42. The summed E-state index contributed by atoms with van der Waals surface area (Å²) < 4.78 is 5.39. The number of rotatable bonds is 9. The molecule has 0 unspecified atom stereocenters. The van der Waals surface area contributed by atoms with Crippen LogP contribution in [0.4, 0.5) is 0 Å². The predicted molar refractivity (Wildman–Crippen MR) is 81.8 cm³/mol. The van der Waals surface area contributed by atoms with Crippen LogP contribution in [-0.2, 0) is 6.54 Å². The van der Waals surface area contributed by atoms with Gasteiger partial charge in [0.25, 0.3) is 0 Å². The van der Waals surface area contributed by atoms with E-state index in [0.717, 1.165) is 31.9 Å². The van der Waals surface area contributed by atoms with E-state index in [1.807, 2.05) is 6.07 Å². The molecule has 1 rings (SSSR count). The SMILES string of the molecule is CCCN(CC)CCNCc1cc(C)ccc1OC. The quantitative estimate of drug-likeness (QED) is 0.694. The van der Waals surface area contributed by atoms with Crippen molar-refractivity contribution in [3.05, 3.63) is 29.3 Å². The molecule has 1 N–H and O–H groups in total. The highest BCUT2D eigenvalue weighted by Crippen LogP contribution is 2.19. The fourth-order valence-electron chi connectivity index (χ4n) is 2.25. The Morgan fingerprint density at radius 2 is 2.00 bits per heavy atom. The first-order valence-corrected chi connectivity index (χ1v) is 7.27. The molecule has 0 aliphatic carbocycles. The van der Waals surface area contributed by atoms with Gasteiger partial charge in [-0.05, 0) is 32.5 Å². The molecule has 0 fully saturated rings. The summed E-state index contributed by atoms with van der Waals surface area (Å²) in [5.41, 5.74) is 2.51. The Bertz CT molecular complexity index is 366. The van der Waals surface area contributed by atoms with Crippen LogP contribution in [0.2, 0.25) is 0 Å². The molecule has 0 amide bonds. The van der Waals surface area contributed by atoms with Crippen LogP contribution in [0.25, 0.3) is 0 Å². The zero-order valence-corrected chi connectivity index (χ0v) is 12.8. The molecular formula is C16H28N2O. The maximum absolute atomic E-state index is 5.39. The van der Waals surface area contributed by atoms with Crippen LogP contribution < -0.4 is 10.1 Å².